The minimum absolute atomic E-state index is 1.05. The van der Waals surface area contributed by atoms with E-state index >= 15 is 0 Å². The van der Waals surface area contributed by atoms with Crippen molar-refractivity contribution >= 4 is 77.1 Å². The molecule has 0 atom stereocenters. The number of anilines is 3. The van der Waals surface area contributed by atoms with Gasteiger partial charge in [-0.1, -0.05) is 121 Å². The number of aromatic nitrogens is 2. The number of para-hydroxylation sites is 2. The number of benzene rings is 8. The van der Waals surface area contributed by atoms with Gasteiger partial charge in [0.25, 0.3) is 0 Å². The maximum atomic E-state index is 2.48. The highest BCUT2D eigenvalue weighted by Crippen LogP contribution is 2.43. The normalized spacial score (nSPS) is 13.0. The van der Waals surface area contributed by atoms with Crippen LogP contribution in [0.3, 0.4) is 0 Å². The van der Waals surface area contributed by atoms with Gasteiger partial charge in [0.1, 0.15) is 0 Å². The molecular formula is C52H37N3. The zero-order chi connectivity index (χ0) is 36.3. The maximum Gasteiger partial charge on any atom is 0.0562 e. The van der Waals surface area contributed by atoms with Crippen LogP contribution in [0.5, 0.6) is 0 Å². The number of hydrogen-bond donors (Lipinski definition) is 0. The zero-order valence-corrected chi connectivity index (χ0v) is 30.3. The standard InChI is InChI=1S/C52H37N3/c1-4-15-36(16-5-1)38-18-14-23-43(33-38)53(39-19-6-2-7-20-39)41-28-30-42(31-29-41)54-48-26-13-12-25-45(48)46-34-47-51(35-50(46)54)55(40-21-8-3-9-22-40)49-32-27-37-17-10-11-24-44(37)52(47)49/h1-2,4-8,10-35H,3,9H2. The first-order valence-electron chi connectivity index (χ1n) is 19.2. The first-order valence-corrected chi connectivity index (χ1v) is 19.2. The molecule has 0 fully saturated rings. The highest BCUT2D eigenvalue weighted by Gasteiger charge is 2.21. The van der Waals surface area contributed by atoms with Crippen molar-refractivity contribution < 1.29 is 0 Å². The number of fused-ring (bicyclic) bond motifs is 8. The van der Waals surface area contributed by atoms with Gasteiger partial charge in [-0.3, -0.25) is 0 Å². The summed E-state index contributed by atoms with van der Waals surface area (Å²) in [7, 11) is 0. The van der Waals surface area contributed by atoms with Crippen LogP contribution in [0.2, 0.25) is 0 Å². The third-order valence-electron chi connectivity index (χ3n) is 11.3. The van der Waals surface area contributed by atoms with Crippen LogP contribution >= 0.6 is 0 Å². The van der Waals surface area contributed by atoms with Crippen molar-refractivity contribution in [3.8, 4) is 16.8 Å². The molecule has 1 aliphatic rings. The molecule has 0 N–H and O–H groups in total. The molecule has 3 heteroatoms. The average Bonchev–Trinajstić information content (AvgIpc) is 3.76. The number of nitrogens with zero attached hydrogens (tertiary/aromatic N) is 3. The molecule has 0 radical (unpaired) electrons. The zero-order valence-electron chi connectivity index (χ0n) is 30.3. The van der Waals surface area contributed by atoms with Gasteiger partial charge >= 0.3 is 0 Å². The van der Waals surface area contributed by atoms with Gasteiger partial charge in [0, 0.05) is 50.0 Å². The van der Waals surface area contributed by atoms with Crippen molar-refractivity contribution in [1.82, 2.24) is 9.13 Å². The van der Waals surface area contributed by atoms with E-state index in [9.17, 15) is 0 Å². The second-order valence-corrected chi connectivity index (χ2v) is 14.5. The Hall–Kier alpha value is -7.10. The van der Waals surface area contributed by atoms with Gasteiger partial charge in [-0.05, 0) is 114 Å². The Balaban J connectivity index is 1.12. The Kier molecular flexibility index (Phi) is 7.31. The smallest absolute Gasteiger partial charge is 0.0562 e. The lowest BCUT2D eigenvalue weighted by Crippen LogP contribution is -2.10. The Labute approximate surface area is 319 Å². The second kappa shape index (κ2) is 12.8. The lowest BCUT2D eigenvalue weighted by Gasteiger charge is -2.26. The fraction of sp³-hybridized carbons (Fsp3) is 0.0385. The minimum Gasteiger partial charge on any atom is -0.310 e. The summed E-state index contributed by atoms with van der Waals surface area (Å²) in [4.78, 5) is 2.35. The van der Waals surface area contributed by atoms with Gasteiger partial charge in [0.15, 0.2) is 0 Å². The molecule has 8 aromatic carbocycles. The molecule has 0 saturated heterocycles. The van der Waals surface area contributed by atoms with E-state index in [1.54, 1.807) is 0 Å². The molecular weight excluding hydrogens is 667 g/mol. The van der Waals surface area contributed by atoms with Crippen molar-refractivity contribution in [3.63, 3.8) is 0 Å². The van der Waals surface area contributed by atoms with Crippen molar-refractivity contribution in [3.05, 3.63) is 200 Å². The van der Waals surface area contributed by atoms with Crippen molar-refractivity contribution in [2.75, 3.05) is 4.90 Å². The third-order valence-corrected chi connectivity index (χ3v) is 11.3. The van der Waals surface area contributed by atoms with E-state index in [2.05, 4.69) is 214 Å². The first kappa shape index (κ1) is 31.4. The highest BCUT2D eigenvalue weighted by atomic mass is 15.1. The molecule has 0 saturated carbocycles. The Morgan fingerprint density at radius 1 is 0.400 bits per heavy atom. The van der Waals surface area contributed by atoms with E-state index in [-0.39, 0.29) is 0 Å². The van der Waals surface area contributed by atoms with E-state index in [0.717, 1.165) is 35.6 Å². The van der Waals surface area contributed by atoms with E-state index < -0.39 is 0 Å². The van der Waals surface area contributed by atoms with E-state index in [1.165, 1.54) is 71.2 Å². The fourth-order valence-corrected chi connectivity index (χ4v) is 8.80. The van der Waals surface area contributed by atoms with E-state index in [4.69, 9.17) is 0 Å². The number of hydrogen-bond acceptors (Lipinski definition) is 1. The van der Waals surface area contributed by atoms with Crippen LogP contribution in [-0.4, -0.2) is 9.13 Å². The second-order valence-electron chi connectivity index (χ2n) is 14.5. The summed E-state index contributed by atoms with van der Waals surface area (Å²) in [5.74, 6) is 0. The summed E-state index contributed by atoms with van der Waals surface area (Å²) in [6.45, 7) is 0. The molecule has 260 valence electrons. The molecule has 0 unspecified atom stereocenters. The molecule has 1 aliphatic carbocycles. The van der Waals surface area contributed by atoms with Gasteiger partial charge in [0.05, 0.1) is 22.1 Å². The summed E-state index contributed by atoms with van der Waals surface area (Å²) in [6, 6.07) is 66.3. The Morgan fingerprint density at radius 3 is 1.91 bits per heavy atom. The lowest BCUT2D eigenvalue weighted by atomic mass is 10.0. The van der Waals surface area contributed by atoms with Gasteiger partial charge in [-0.2, -0.15) is 0 Å². The molecule has 55 heavy (non-hydrogen) atoms. The van der Waals surface area contributed by atoms with Crippen LogP contribution < -0.4 is 4.90 Å². The lowest BCUT2D eigenvalue weighted by molar-refractivity contribution is 1.02. The van der Waals surface area contributed by atoms with Crippen molar-refractivity contribution in [1.29, 1.82) is 0 Å². The highest BCUT2D eigenvalue weighted by molar-refractivity contribution is 6.25. The predicted molar refractivity (Wildman–Crippen MR) is 234 cm³/mol. The van der Waals surface area contributed by atoms with Crippen LogP contribution in [0.1, 0.15) is 12.8 Å². The molecule has 3 nitrogen and oxygen atoms in total. The third kappa shape index (κ3) is 5.12. The van der Waals surface area contributed by atoms with Crippen LogP contribution in [0.15, 0.2) is 200 Å². The maximum absolute atomic E-state index is 2.48. The van der Waals surface area contributed by atoms with Gasteiger partial charge in [-0.15, -0.1) is 0 Å². The minimum atomic E-state index is 1.05. The number of allylic oxidation sites excluding steroid dienone is 4. The summed E-state index contributed by atoms with van der Waals surface area (Å²) < 4.78 is 4.93. The SMILES string of the molecule is C1=CC(n2c3cc4c(cc3c3c5ccccc5ccc32)c2ccccc2n4-c2ccc(N(c3ccccc3)c3cccc(-c4ccccc4)c3)cc2)=CCC1. The van der Waals surface area contributed by atoms with E-state index in [1.807, 2.05) is 0 Å². The summed E-state index contributed by atoms with van der Waals surface area (Å²) >= 11 is 0. The molecule has 0 amide bonds. The van der Waals surface area contributed by atoms with Crippen LogP contribution in [-0.2, 0) is 0 Å². The van der Waals surface area contributed by atoms with Crippen molar-refractivity contribution in [2.24, 2.45) is 0 Å². The summed E-state index contributed by atoms with van der Waals surface area (Å²) in [5, 5.41) is 7.67. The van der Waals surface area contributed by atoms with Crippen LogP contribution in [0.4, 0.5) is 17.1 Å². The Morgan fingerprint density at radius 2 is 1.09 bits per heavy atom. The van der Waals surface area contributed by atoms with Crippen LogP contribution in [0, 0.1) is 0 Å². The van der Waals surface area contributed by atoms with E-state index in [0.29, 0.717) is 0 Å². The van der Waals surface area contributed by atoms with Gasteiger partial charge < -0.3 is 14.0 Å². The van der Waals surface area contributed by atoms with Crippen LogP contribution in [0.25, 0.3) is 76.9 Å². The Bertz CT molecular complexity index is 3130. The van der Waals surface area contributed by atoms with Gasteiger partial charge in [0.2, 0.25) is 0 Å². The fourth-order valence-electron chi connectivity index (χ4n) is 8.80. The predicted octanol–water partition coefficient (Wildman–Crippen LogP) is 14.4. The molecule has 0 bridgehead atoms. The summed E-state index contributed by atoms with van der Waals surface area (Å²) in [5.41, 5.74) is 13.0. The topological polar surface area (TPSA) is 13.1 Å². The molecule has 0 aliphatic heterocycles. The molecule has 10 aromatic rings. The number of rotatable bonds is 6. The molecule has 11 rings (SSSR count). The average molecular weight is 704 g/mol. The largest absolute Gasteiger partial charge is 0.310 e. The molecule has 2 aromatic heterocycles. The first-order chi connectivity index (χ1) is 27.3. The molecule has 0 spiro atoms. The summed E-state index contributed by atoms with van der Waals surface area (Å²) in [6.07, 6.45) is 9.12. The van der Waals surface area contributed by atoms with Crippen molar-refractivity contribution in [2.45, 2.75) is 12.8 Å². The van der Waals surface area contributed by atoms with Gasteiger partial charge in [-0.25, -0.2) is 0 Å². The monoisotopic (exact) mass is 703 g/mol. The quantitative estimate of drug-likeness (QED) is 0.168. The molecule has 2 heterocycles.